The van der Waals surface area contributed by atoms with Crippen LogP contribution in [0.2, 0.25) is 0 Å². The third-order valence-corrected chi connectivity index (χ3v) is 5.03. The Morgan fingerprint density at radius 2 is 2.10 bits per heavy atom. The molecule has 0 aromatic carbocycles. The van der Waals surface area contributed by atoms with E-state index >= 15 is 0 Å². The predicted molar refractivity (Wildman–Crippen MR) is 49.5 cm³/mol. The van der Waals surface area contributed by atoms with Crippen LogP contribution in [0.4, 0.5) is 0 Å². The minimum Gasteiger partial charge on any atom is -0.384 e. The second-order valence-electron chi connectivity index (χ2n) is 2.50. The fraction of sp³-hybridized carbons (Fsp3) is 0.714. The molecule has 58 valence electrons. The molecule has 0 spiro atoms. The van der Waals surface area contributed by atoms with Gasteiger partial charge in [0.25, 0.3) is 0 Å². The molecule has 3 heteroatoms. The van der Waals surface area contributed by atoms with Crippen molar-refractivity contribution in [1.82, 2.24) is 0 Å². The second-order valence-corrected chi connectivity index (χ2v) is 5.23. The zero-order valence-electron chi connectivity index (χ0n) is 6.04. The first-order valence-electron chi connectivity index (χ1n) is 3.26. The monoisotopic (exact) mass is 176 g/mol. The molecule has 0 saturated carbocycles. The highest BCUT2D eigenvalue weighted by Gasteiger charge is 2.32. The van der Waals surface area contributed by atoms with Crippen molar-refractivity contribution in [1.29, 1.82) is 0 Å². The molecule has 10 heavy (non-hydrogen) atoms. The van der Waals surface area contributed by atoms with Crippen molar-refractivity contribution < 1.29 is 5.11 Å². The summed E-state index contributed by atoms with van der Waals surface area (Å²) >= 11 is 3.63. The minimum atomic E-state index is -0.689. The molecule has 1 rings (SSSR count). The van der Waals surface area contributed by atoms with Crippen LogP contribution in [0.15, 0.2) is 12.7 Å². The first-order chi connectivity index (χ1) is 4.67. The van der Waals surface area contributed by atoms with Crippen LogP contribution in [-0.4, -0.2) is 26.8 Å². The van der Waals surface area contributed by atoms with Gasteiger partial charge in [-0.3, -0.25) is 0 Å². The summed E-state index contributed by atoms with van der Waals surface area (Å²) in [4.78, 5) is 0. The van der Waals surface area contributed by atoms with E-state index in [2.05, 4.69) is 6.58 Å². The van der Waals surface area contributed by atoms with E-state index in [0.29, 0.717) is 4.58 Å². The van der Waals surface area contributed by atoms with E-state index < -0.39 is 5.60 Å². The number of hydrogen-bond acceptors (Lipinski definition) is 3. The average Bonchev–Trinajstić information content (AvgIpc) is 2.38. The van der Waals surface area contributed by atoms with Crippen LogP contribution in [0, 0.1) is 0 Å². The lowest BCUT2D eigenvalue weighted by atomic mass is 10.1. The summed E-state index contributed by atoms with van der Waals surface area (Å²) in [6.07, 6.45) is 1.63. The molecule has 0 amide bonds. The highest BCUT2D eigenvalue weighted by Crippen LogP contribution is 2.39. The number of aliphatic hydroxyl groups is 1. The molecule has 1 saturated heterocycles. The molecule has 0 bridgehead atoms. The van der Waals surface area contributed by atoms with Gasteiger partial charge in [-0.15, -0.1) is 30.1 Å². The Labute approximate surface area is 70.3 Å². The molecular formula is C7H12OS2. The zero-order chi connectivity index (χ0) is 7.61. The Kier molecular flexibility index (Phi) is 2.72. The number of thioether (sulfide) groups is 2. The second kappa shape index (κ2) is 3.20. The summed E-state index contributed by atoms with van der Waals surface area (Å²) in [6, 6.07) is 0. The van der Waals surface area contributed by atoms with Crippen LogP contribution >= 0.6 is 23.5 Å². The van der Waals surface area contributed by atoms with Crippen molar-refractivity contribution in [2.24, 2.45) is 0 Å². The van der Waals surface area contributed by atoms with Gasteiger partial charge < -0.3 is 5.11 Å². The summed E-state index contributed by atoms with van der Waals surface area (Å²) in [5, 5.41) is 9.66. The molecule has 0 aliphatic carbocycles. The lowest BCUT2D eigenvalue weighted by Gasteiger charge is -2.24. The fourth-order valence-corrected chi connectivity index (χ4v) is 3.82. The molecule has 1 aliphatic rings. The van der Waals surface area contributed by atoms with Gasteiger partial charge in [0.05, 0.1) is 4.58 Å². The summed E-state index contributed by atoms with van der Waals surface area (Å²) in [6.45, 7) is 5.42. The van der Waals surface area contributed by atoms with Gasteiger partial charge in [-0.1, -0.05) is 6.08 Å². The smallest absolute Gasteiger partial charge is 0.101 e. The minimum absolute atomic E-state index is 0.296. The summed E-state index contributed by atoms with van der Waals surface area (Å²) in [7, 11) is 0. The van der Waals surface area contributed by atoms with Crippen molar-refractivity contribution >= 4 is 23.5 Å². The van der Waals surface area contributed by atoms with Crippen LogP contribution in [-0.2, 0) is 0 Å². The zero-order valence-corrected chi connectivity index (χ0v) is 7.67. The van der Waals surface area contributed by atoms with Gasteiger partial charge >= 0.3 is 0 Å². The Bertz CT molecular complexity index is 128. The normalized spacial score (nSPS) is 26.2. The molecule has 1 heterocycles. The van der Waals surface area contributed by atoms with Gasteiger partial charge in [-0.2, -0.15) is 0 Å². The van der Waals surface area contributed by atoms with Crippen LogP contribution < -0.4 is 0 Å². The van der Waals surface area contributed by atoms with Crippen LogP contribution in [0.1, 0.15) is 6.92 Å². The highest BCUT2D eigenvalue weighted by molar-refractivity contribution is 8.20. The first kappa shape index (κ1) is 8.50. The summed E-state index contributed by atoms with van der Waals surface area (Å²) in [5.41, 5.74) is -0.689. The van der Waals surface area contributed by atoms with Gasteiger partial charge in [0.1, 0.15) is 5.60 Å². The van der Waals surface area contributed by atoms with E-state index in [9.17, 15) is 5.11 Å². The summed E-state index contributed by atoms with van der Waals surface area (Å²) < 4.78 is 0.296. The average molecular weight is 176 g/mol. The summed E-state index contributed by atoms with van der Waals surface area (Å²) in [5.74, 6) is 2.30. The van der Waals surface area contributed by atoms with Crippen molar-refractivity contribution in [3.05, 3.63) is 12.7 Å². The molecule has 0 aromatic heterocycles. The van der Waals surface area contributed by atoms with Crippen molar-refractivity contribution in [2.45, 2.75) is 17.1 Å². The van der Waals surface area contributed by atoms with E-state index in [0.717, 1.165) is 11.5 Å². The van der Waals surface area contributed by atoms with E-state index in [1.54, 1.807) is 6.08 Å². The lowest BCUT2D eigenvalue weighted by Crippen LogP contribution is -2.30. The molecule has 1 nitrogen and oxygen atoms in total. The Balaban J connectivity index is 2.53. The third kappa shape index (κ3) is 1.71. The van der Waals surface area contributed by atoms with Gasteiger partial charge in [0.15, 0.2) is 0 Å². The maximum absolute atomic E-state index is 9.66. The fourth-order valence-electron chi connectivity index (χ4n) is 0.792. The van der Waals surface area contributed by atoms with Crippen LogP contribution in [0.5, 0.6) is 0 Å². The van der Waals surface area contributed by atoms with Crippen molar-refractivity contribution in [3.8, 4) is 0 Å². The standard InChI is InChI=1S/C7H12OS2/c1-3-7(2,8)6-9-4-5-10-6/h3,6,8H,1,4-5H2,2H3. The topological polar surface area (TPSA) is 20.2 Å². The first-order valence-corrected chi connectivity index (χ1v) is 5.36. The molecule has 1 atom stereocenters. The highest BCUT2D eigenvalue weighted by atomic mass is 32.2. The van der Waals surface area contributed by atoms with Crippen molar-refractivity contribution in [3.63, 3.8) is 0 Å². The number of hydrogen-bond donors (Lipinski definition) is 1. The van der Waals surface area contributed by atoms with Gasteiger partial charge in [-0.25, -0.2) is 0 Å². The van der Waals surface area contributed by atoms with Crippen LogP contribution in [0.25, 0.3) is 0 Å². The molecule has 1 fully saturated rings. The molecule has 1 unspecified atom stereocenters. The maximum Gasteiger partial charge on any atom is 0.101 e. The van der Waals surface area contributed by atoms with Gasteiger partial charge in [0.2, 0.25) is 0 Å². The maximum atomic E-state index is 9.66. The predicted octanol–water partition coefficient (Wildman–Crippen LogP) is 1.73. The van der Waals surface area contributed by atoms with Gasteiger partial charge in [0, 0.05) is 11.5 Å². The Morgan fingerprint density at radius 3 is 2.50 bits per heavy atom. The van der Waals surface area contributed by atoms with E-state index in [1.165, 1.54) is 0 Å². The Hall–Kier alpha value is 0.400. The number of rotatable bonds is 2. The third-order valence-electron chi connectivity index (χ3n) is 1.51. The van der Waals surface area contributed by atoms with Crippen molar-refractivity contribution in [2.75, 3.05) is 11.5 Å². The largest absolute Gasteiger partial charge is 0.384 e. The molecule has 0 radical (unpaired) electrons. The van der Waals surface area contributed by atoms with Gasteiger partial charge in [-0.05, 0) is 6.92 Å². The Morgan fingerprint density at radius 1 is 1.60 bits per heavy atom. The SMILES string of the molecule is C=CC(C)(O)C1SCCS1. The lowest BCUT2D eigenvalue weighted by molar-refractivity contribution is 0.131. The molecular weight excluding hydrogens is 164 g/mol. The van der Waals surface area contributed by atoms with E-state index in [-0.39, 0.29) is 0 Å². The quantitative estimate of drug-likeness (QED) is 0.647. The molecule has 1 aliphatic heterocycles. The molecule has 1 N–H and O–H groups in total. The molecule has 0 aromatic rings. The van der Waals surface area contributed by atoms with Crippen LogP contribution in [0.3, 0.4) is 0 Å². The van der Waals surface area contributed by atoms with E-state index in [4.69, 9.17) is 0 Å². The van der Waals surface area contributed by atoms with E-state index in [1.807, 2.05) is 30.4 Å².